The van der Waals surface area contributed by atoms with E-state index in [1.165, 1.54) is 15.8 Å². The van der Waals surface area contributed by atoms with Crippen LogP contribution in [0, 0.1) is 0 Å². The van der Waals surface area contributed by atoms with Gasteiger partial charge in [0, 0.05) is 37.7 Å². The molecule has 1 saturated heterocycles. The Balaban J connectivity index is 1.93. The number of carbonyl (C=O) groups excluding carboxylic acids is 1. The highest BCUT2D eigenvalue weighted by atomic mass is 32.2. The highest BCUT2D eigenvalue weighted by molar-refractivity contribution is 7.92. The fourth-order valence-corrected chi connectivity index (χ4v) is 3.51. The number of allylic oxidation sites excluding steroid dienone is 3. The Morgan fingerprint density at radius 2 is 1.71 bits per heavy atom. The summed E-state index contributed by atoms with van der Waals surface area (Å²) < 4.78 is 26.1. The molecule has 2 rings (SSSR count). The first-order valence-corrected chi connectivity index (χ1v) is 9.35. The standard InChI is InChI=1S/C18H22N2O3S/c1-2-3-5-10-18(21)19-12-14-20(15-13-19)24(22,23)16-11-17-8-6-4-7-9-17/h2-11,16H,12-15H2,1H3/b3-2+,10-5+,16-11+. The molecule has 0 aliphatic carbocycles. The van der Waals surface area contributed by atoms with Gasteiger partial charge in [0.25, 0.3) is 0 Å². The third kappa shape index (κ3) is 5.18. The molecule has 1 aliphatic heterocycles. The van der Waals surface area contributed by atoms with Gasteiger partial charge in [-0.15, -0.1) is 0 Å². The van der Waals surface area contributed by atoms with Crippen LogP contribution in [-0.2, 0) is 14.8 Å². The predicted molar refractivity (Wildman–Crippen MR) is 96.5 cm³/mol. The smallest absolute Gasteiger partial charge is 0.246 e. The molecule has 1 fully saturated rings. The van der Waals surface area contributed by atoms with Crippen molar-refractivity contribution in [2.75, 3.05) is 26.2 Å². The summed E-state index contributed by atoms with van der Waals surface area (Å²) in [6.07, 6.45) is 8.40. The molecular formula is C18H22N2O3S. The van der Waals surface area contributed by atoms with E-state index < -0.39 is 10.0 Å². The van der Waals surface area contributed by atoms with Gasteiger partial charge in [-0.05, 0) is 18.6 Å². The van der Waals surface area contributed by atoms with Crippen molar-refractivity contribution in [2.24, 2.45) is 0 Å². The van der Waals surface area contributed by atoms with E-state index in [-0.39, 0.29) is 5.91 Å². The fourth-order valence-electron chi connectivity index (χ4n) is 2.33. The van der Waals surface area contributed by atoms with Gasteiger partial charge < -0.3 is 4.90 Å². The van der Waals surface area contributed by atoms with Crippen LogP contribution in [0.2, 0.25) is 0 Å². The van der Waals surface area contributed by atoms with Gasteiger partial charge in [-0.1, -0.05) is 48.6 Å². The van der Waals surface area contributed by atoms with E-state index >= 15 is 0 Å². The van der Waals surface area contributed by atoms with Crippen LogP contribution in [0.3, 0.4) is 0 Å². The fraction of sp³-hybridized carbons (Fsp3) is 0.278. The first-order valence-electron chi connectivity index (χ1n) is 7.84. The molecule has 0 bridgehead atoms. The Morgan fingerprint density at radius 3 is 2.33 bits per heavy atom. The maximum atomic E-state index is 12.4. The Morgan fingerprint density at radius 1 is 1.04 bits per heavy atom. The summed E-state index contributed by atoms with van der Waals surface area (Å²) in [5, 5.41) is 1.23. The van der Waals surface area contributed by atoms with Crippen molar-refractivity contribution in [2.45, 2.75) is 6.92 Å². The van der Waals surface area contributed by atoms with Crippen LogP contribution < -0.4 is 0 Å². The largest absolute Gasteiger partial charge is 0.337 e. The van der Waals surface area contributed by atoms with E-state index in [0.29, 0.717) is 26.2 Å². The predicted octanol–water partition coefficient (Wildman–Crippen LogP) is 2.26. The van der Waals surface area contributed by atoms with Crippen LogP contribution in [0.4, 0.5) is 0 Å². The summed E-state index contributed by atoms with van der Waals surface area (Å²) >= 11 is 0. The SMILES string of the molecule is C/C=C/C=C/C(=O)N1CCN(S(=O)(=O)/C=C/c2ccccc2)CC1. The zero-order valence-electron chi connectivity index (χ0n) is 13.7. The summed E-state index contributed by atoms with van der Waals surface area (Å²) in [4.78, 5) is 13.6. The maximum Gasteiger partial charge on any atom is 0.246 e. The molecule has 0 unspecified atom stereocenters. The zero-order chi connectivity index (χ0) is 17.4. The van der Waals surface area contributed by atoms with Gasteiger partial charge in [0.05, 0.1) is 0 Å². The third-order valence-corrected chi connectivity index (χ3v) is 5.25. The molecule has 1 amide bonds. The minimum atomic E-state index is -3.47. The van der Waals surface area contributed by atoms with Gasteiger partial charge in [0.1, 0.15) is 0 Å². The number of rotatable bonds is 5. The second-order valence-corrected chi connectivity index (χ2v) is 7.19. The number of piperazine rings is 1. The second kappa shape index (κ2) is 8.61. The van der Waals surface area contributed by atoms with Crippen molar-refractivity contribution in [1.82, 2.24) is 9.21 Å². The molecule has 1 aromatic carbocycles. The van der Waals surface area contributed by atoms with Crippen LogP contribution >= 0.6 is 0 Å². The molecule has 0 radical (unpaired) electrons. The van der Waals surface area contributed by atoms with E-state index in [4.69, 9.17) is 0 Å². The normalized spacial score (nSPS) is 17.3. The Labute approximate surface area is 143 Å². The number of hydrogen-bond donors (Lipinski definition) is 0. The minimum absolute atomic E-state index is 0.0926. The molecule has 0 aromatic heterocycles. The molecule has 1 heterocycles. The first-order chi connectivity index (χ1) is 11.5. The van der Waals surface area contributed by atoms with E-state index in [0.717, 1.165) is 5.56 Å². The summed E-state index contributed by atoms with van der Waals surface area (Å²) in [5.74, 6) is -0.0926. The lowest BCUT2D eigenvalue weighted by Crippen LogP contribution is -2.49. The molecule has 0 N–H and O–H groups in total. The zero-order valence-corrected chi connectivity index (χ0v) is 14.5. The molecule has 1 aliphatic rings. The number of hydrogen-bond acceptors (Lipinski definition) is 3. The summed E-state index contributed by atoms with van der Waals surface area (Å²) in [7, 11) is -3.47. The number of carbonyl (C=O) groups is 1. The number of amides is 1. The van der Waals surface area contributed by atoms with Crippen LogP contribution in [0.5, 0.6) is 0 Å². The van der Waals surface area contributed by atoms with Gasteiger partial charge in [-0.3, -0.25) is 4.79 Å². The Hall–Kier alpha value is -2.18. The molecule has 128 valence electrons. The van der Waals surface area contributed by atoms with Crippen LogP contribution in [-0.4, -0.2) is 49.7 Å². The molecule has 0 atom stereocenters. The average molecular weight is 346 g/mol. The van der Waals surface area contributed by atoms with Gasteiger partial charge in [-0.25, -0.2) is 8.42 Å². The van der Waals surface area contributed by atoms with Crippen molar-refractivity contribution in [3.05, 3.63) is 65.6 Å². The lowest BCUT2D eigenvalue weighted by molar-refractivity contribution is -0.127. The quantitative estimate of drug-likeness (QED) is 0.607. The van der Waals surface area contributed by atoms with Crippen molar-refractivity contribution in [3.8, 4) is 0 Å². The molecule has 24 heavy (non-hydrogen) atoms. The topological polar surface area (TPSA) is 57.7 Å². The van der Waals surface area contributed by atoms with Gasteiger partial charge in [0.2, 0.25) is 15.9 Å². The summed E-state index contributed by atoms with van der Waals surface area (Å²) in [6.45, 7) is 3.30. The van der Waals surface area contributed by atoms with Gasteiger partial charge >= 0.3 is 0 Å². The number of sulfonamides is 1. The average Bonchev–Trinajstić information content (AvgIpc) is 2.61. The van der Waals surface area contributed by atoms with Gasteiger partial charge in [-0.2, -0.15) is 4.31 Å². The van der Waals surface area contributed by atoms with Crippen molar-refractivity contribution in [3.63, 3.8) is 0 Å². The number of benzene rings is 1. The lowest BCUT2D eigenvalue weighted by Gasteiger charge is -2.32. The summed E-state index contributed by atoms with van der Waals surface area (Å²) in [6, 6.07) is 9.29. The lowest BCUT2D eigenvalue weighted by atomic mass is 10.2. The van der Waals surface area contributed by atoms with Crippen LogP contribution in [0.15, 0.2) is 60.0 Å². The van der Waals surface area contributed by atoms with Gasteiger partial charge in [0.15, 0.2) is 0 Å². The highest BCUT2D eigenvalue weighted by Gasteiger charge is 2.26. The van der Waals surface area contributed by atoms with Crippen molar-refractivity contribution >= 4 is 22.0 Å². The monoisotopic (exact) mass is 346 g/mol. The molecular weight excluding hydrogens is 324 g/mol. The maximum absolute atomic E-state index is 12.4. The van der Waals surface area contributed by atoms with E-state index in [9.17, 15) is 13.2 Å². The molecule has 0 saturated carbocycles. The van der Waals surface area contributed by atoms with Crippen LogP contribution in [0.25, 0.3) is 6.08 Å². The van der Waals surface area contributed by atoms with Crippen LogP contribution in [0.1, 0.15) is 12.5 Å². The minimum Gasteiger partial charge on any atom is -0.337 e. The van der Waals surface area contributed by atoms with Crippen molar-refractivity contribution < 1.29 is 13.2 Å². The van der Waals surface area contributed by atoms with Crippen molar-refractivity contribution in [1.29, 1.82) is 0 Å². The molecule has 1 aromatic rings. The Kier molecular flexibility index (Phi) is 6.52. The second-order valence-electron chi connectivity index (χ2n) is 5.37. The van der Waals surface area contributed by atoms with E-state index in [1.54, 1.807) is 23.1 Å². The molecule has 6 heteroatoms. The summed E-state index contributed by atoms with van der Waals surface area (Å²) in [5.41, 5.74) is 0.837. The van der Waals surface area contributed by atoms with E-state index in [2.05, 4.69) is 0 Å². The Bertz CT molecular complexity index is 729. The number of nitrogens with zero attached hydrogens (tertiary/aromatic N) is 2. The molecule has 0 spiro atoms. The highest BCUT2D eigenvalue weighted by Crippen LogP contribution is 2.12. The first kappa shape index (κ1) is 18.2. The molecule has 5 nitrogen and oxygen atoms in total. The van der Waals surface area contributed by atoms with E-state index in [1.807, 2.05) is 43.3 Å². The third-order valence-electron chi connectivity index (χ3n) is 3.68.